The molecule has 3 rings (SSSR count). The van der Waals surface area contributed by atoms with Gasteiger partial charge in [-0.1, -0.05) is 13.8 Å². The van der Waals surface area contributed by atoms with Crippen molar-refractivity contribution in [2.45, 2.75) is 26.7 Å². The molecule has 27 heavy (non-hydrogen) atoms. The largest absolute Gasteiger partial charge is 0.496 e. The van der Waals surface area contributed by atoms with Gasteiger partial charge in [-0.05, 0) is 83.8 Å². The molecule has 0 unspecified atom stereocenters. The molecule has 0 atom stereocenters. The first-order chi connectivity index (χ1) is 12.9. The fraction of sp³-hybridized carbons (Fsp3) is 0.238. The molecule has 2 aromatic rings. The molecular weight excluding hydrogens is 363 g/mol. The van der Waals surface area contributed by atoms with Gasteiger partial charge in [-0.2, -0.15) is 0 Å². The van der Waals surface area contributed by atoms with Gasteiger partial charge in [0.1, 0.15) is 11.6 Å². The van der Waals surface area contributed by atoms with E-state index in [2.05, 4.69) is 30.2 Å². The number of carbonyl (C=O) groups excluding carboxylic acids is 1. The number of methoxy groups -OCH3 is 1. The van der Waals surface area contributed by atoms with E-state index in [0.29, 0.717) is 21.7 Å². The van der Waals surface area contributed by atoms with Gasteiger partial charge in [0.05, 0.1) is 17.7 Å². The van der Waals surface area contributed by atoms with Crippen molar-refractivity contribution >= 4 is 34.6 Å². The molecule has 1 aliphatic rings. The van der Waals surface area contributed by atoms with Crippen molar-refractivity contribution in [3.8, 4) is 5.75 Å². The van der Waals surface area contributed by atoms with Crippen LogP contribution in [0.25, 0.3) is 6.08 Å². The number of carbonyl (C=O) groups is 1. The number of halogens is 1. The molecule has 2 aromatic carbocycles. The van der Waals surface area contributed by atoms with Crippen molar-refractivity contribution in [1.82, 2.24) is 5.32 Å². The number of amides is 1. The smallest absolute Gasteiger partial charge is 0.264 e. The summed E-state index contributed by atoms with van der Waals surface area (Å²) in [6.45, 7) is 6.20. The zero-order valence-corrected chi connectivity index (χ0v) is 16.5. The molecule has 1 fully saturated rings. The van der Waals surface area contributed by atoms with Crippen LogP contribution in [-0.4, -0.2) is 18.2 Å². The van der Waals surface area contributed by atoms with Crippen LogP contribution in [0.5, 0.6) is 5.75 Å². The van der Waals surface area contributed by atoms with Gasteiger partial charge in [0.25, 0.3) is 5.91 Å². The Hall–Kier alpha value is -2.60. The summed E-state index contributed by atoms with van der Waals surface area (Å²) in [4.78, 5) is 17.2. The first-order valence-corrected chi connectivity index (χ1v) is 9.42. The summed E-state index contributed by atoms with van der Waals surface area (Å²) >= 11 is 1.27. The van der Waals surface area contributed by atoms with Gasteiger partial charge < -0.3 is 10.1 Å². The number of hydrogen-bond donors (Lipinski definition) is 1. The number of ether oxygens (including phenoxy) is 1. The summed E-state index contributed by atoms with van der Waals surface area (Å²) in [6.07, 6.45) is 1.87. The van der Waals surface area contributed by atoms with E-state index >= 15 is 0 Å². The van der Waals surface area contributed by atoms with E-state index in [9.17, 15) is 9.18 Å². The zero-order valence-electron chi connectivity index (χ0n) is 15.7. The van der Waals surface area contributed by atoms with Crippen LogP contribution in [0.4, 0.5) is 10.1 Å². The SMILES string of the molecule is COc1cc(C)c(/C=C2\SC(=Nc3ccc(F)cc3)NC2=O)cc1C(C)C. The minimum Gasteiger partial charge on any atom is -0.496 e. The Balaban J connectivity index is 1.90. The lowest BCUT2D eigenvalue weighted by atomic mass is 9.96. The lowest BCUT2D eigenvalue weighted by Gasteiger charge is -2.14. The Labute approximate surface area is 162 Å². The molecule has 1 heterocycles. The Bertz CT molecular complexity index is 934. The highest BCUT2D eigenvalue weighted by Crippen LogP contribution is 2.33. The number of hydrogen-bond acceptors (Lipinski definition) is 4. The highest BCUT2D eigenvalue weighted by atomic mass is 32.2. The Morgan fingerprint density at radius 2 is 1.93 bits per heavy atom. The number of aryl methyl sites for hydroxylation is 1. The summed E-state index contributed by atoms with van der Waals surface area (Å²) in [6, 6.07) is 9.87. The van der Waals surface area contributed by atoms with Gasteiger partial charge >= 0.3 is 0 Å². The maximum absolute atomic E-state index is 13.0. The fourth-order valence-electron chi connectivity index (χ4n) is 2.75. The van der Waals surface area contributed by atoms with E-state index in [1.165, 1.54) is 23.9 Å². The van der Waals surface area contributed by atoms with E-state index in [4.69, 9.17) is 4.74 Å². The van der Waals surface area contributed by atoms with Crippen LogP contribution in [0.1, 0.15) is 36.5 Å². The summed E-state index contributed by atoms with van der Waals surface area (Å²) in [5, 5.41) is 3.23. The van der Waals surface area contributed by atoms with E-state index in [0.717, 1.165) is 22.4 Å². The van der Waals surface area contributed by atoms with Gasteiger partial charge in [0.15, 0.2) is 5.17 Å². The zero-order chi connectivity index (χ0) is 19.6. The lowest BCUT2D eigenvalue weighted by molar-refractivity contribution is -0.115. The molecule has 1 aliphatic heterocycles. The number of nitrogens with one attached hydrogen (secondary N) is 1. The molecule has 1 saturated heterocycles. The summed E-state index contributed by atoms with van der Waals surface area (Å²) in [5.41, 5.74) is 3.68. The van der Waals surface area contributed by atoms with Crippen LogP contribution in [0, 0.1) is 12.7 Å². The predicted octanol–water partition coefficient (Wildman–Crippen LogP) is 5.16. The molecule has 6 heteroatoms. The molecule has 0 bridgehead atoms. The molecule has 1 amide bonds. The van der Waals surface area contributed by atoms with Crippen molar-refractivity contribution in [2.24, 2.45) is 4.99 Å². The monoisotopic (exact) mass is 384 g/mol. The normalized spacial score (nSPS) is 17.0. The second-order valence-corrected chi connectivity index (χ2v) is 7.59. The van der Waals surface area contributed by atoms with E-state index < -0.39 is 0 Å². The molecule has 0 spiro atoms. The van der Waals surface area contributed by atoms with Gasteiger partial charge in [-0.3, -0.25) is 4.79 Å². The minimum absolute atomic E-state index is 0.192. The Morgan fingerprint density at radius 1 is 1.22 bits per heavy atom. The third kappa shape index (κ3) is 4.39. The molecule has 0 saturated carbocycles. The highest BCUT2D eigenvalue weighted by Gasteiger charge is 2.24. The molecule has 0 radical (unpaired) electrons. The number of rotatable bonds is 4. The van der Waals surface area contributed by atoms with Crippen molar-refractivity contribution in [3.05, 3.63) is 63.8 Å². The standard InChI is InChI=1S/C21H21FN2O2S/c1-12(2)17-10-14(13(3)9-18(17)26-4)11-19-20(25)24-21(27-19)23-16-7-5-15(22)6-8-16/h5-12H,1-4H3,(H,23,24,25)/b19-11-. The van der Waals surface area contributed by atoms with Crippen LogP contribution in [0.2, 0.25) is 0 Å². The van der Waals surface area contributed by atoms with Crippen LogP contribution >= 0.6 is 11.8 Å². The molecule has 4 nitrogen and oxygen atoms in total. The summed E-state index contributed by atoms with van der Waals surface area (Å²) in [7, 11) is 1.66. The Kier molecular flexibility index (Phi) is 5.65. The van der Waals surface area contributed by atoms with Crippen LogP contribution in [0.15, 0.2) is 46.3 Å². The van der Waals surface area contributed by atoms with E-state index in [1.54, 1.807) is 19.2 Å². The number of benzene rings is 2. The van der Waals surface area contributed by atoms with Crippen LogP contribution < -0.4 is 10.1 Å². The van der Waals surface area contributed by atoms with Crippen molar-refractivity contribution < 1.29 is 13.9 Å². The first-order valence-electron chi connectivity index (χ1n) is 8.61. The van der Waals surface area contributed by atoms with Crippen LogP contribution in [0.3, 0.4) is 0 Å². The first kappa shape index (κ1) is 19.2. The maximum Gasteiger partial charge on any atom is 0.264 e. The average Bonchev–Trinajstić information content (AvgIpc) is 2.97. The van der Waals surface area contributed by atoms with Gasteiger partial charge in [-0.25, -0.2) is 9.38 Å². The van der Waals surface area contributed by atoms with Crippen LogP contribution in [-0.2, 0) is 4.79 Å². The number of nitrogens with zero attached hydrogens (tertiary/aromatic N) is 1. The van der Waals surface area contributed by atoms with Gasteiger partial charge in [0.2, 0.25) is 0 Å². The van der Waals surface area contributed by atoms with E-state index in [-0.39, 0.29) is 11.7 Å². The third-order valence-corrected chi connectivity index (χ3v) is 5.14. The number of amidine groups is 1. The summed E-state index contributed by atoms with van der Waals surface area (Å²) < 4.78 is 18.5. The topological polar surface area (TPSA) is 50.7 Å². The van der Waals surface area contributed by atoms with Crippen molar-refractivity contribution in [2.75, 3.05) is 7.11 Å². The van der Waals surface area contributed by atoms with E-state index in [1.807, 2.05) is 19.1 Å². The van der Waals surface area contributed by atoms with Crippen molar-refractivity contribution in [1.29, 1.82) is 0 Å². The number of aliphatic imine (C=N–C) groups is 1. The van der Waals surface area contributed by atoms with Gasteiger partial charge in [0, 0.05) is 0 Å². The summed E-state index contributed by atoms with van der Waals surface area (Å²) in [5.74, 6) is 0.644. The lowest BCUT2D eigenvalue weighted by Crippen LogP contribution is -2.19. The maximum atomic E-state index is 13.0. The second-order valence-electron chi connectivity index (χ2n) is 6.56. The molecular formula is C21H21FN2O2S. The molecule has 0 aromatic heterocycles. The average molecular weight is 384 g/mol. The number of thioether (sulfide) groups is 1. The second kappa shape index (κ2) is 7.96. The highest BCUT2D eigenvalue weighted by molar-refractivity contribution is 8.18. The molecule has 0 aliphatic carbocycles. The predicted molar refractivity (Wildman–Crippen MR) is 109 cm³/mol. The minimum atomic E-state index is -0.321. The quantitative estimate of drug-likeness (QED) is 0.741. The fourth-order valence-corrected chi connectivity index (χ4v) is 3.59. The molecule has 1 N–H and O–H groups in total. The van der Waals surface area contributed by atoms with Crippen molar-refractivity contribution in [3.63, 3.8) is 0 Å². The van der Waals surface area contributed by atoms with Gasteiger partial charge in [-0.15, -0.1) is 0 Å². The third-order valence-electron chi connectivity index (χ3n) is 4.24. The molecule has 140 valence electrons. The Morgan fingerprint density at radius 3 is 2.56 bits per heavy atom.